The summed E-state index contributed by atoms with van der Waals surface area (Å²) in [5.41, 5.74) is 0.896. The van der Waals surface area contributed by atoms with Crippen molar-refractivity contribution in [2.24, 2.45) is 0 Å². The molecule has 0 aliphatic carbocycles. The Morgan fingerprint density at radius 2 is 2.00 bits per heavy atom. The number of carbonyl (C=O) groups excluding carboxylic acids is 3. The van der Waals surface area contributed by atoms with Crippen LogP contribution in [0, 0.1) is 0 Å². The number of imide groups is 1. The number of rotatable bonds is 6. The van der Waals surface area contributed by atoms with Gasteiger partial charge < -0.3 is 0 Å². The molecule has 1 heterocycles. The van der Waals surface area contributed by atoms with E-state index in [1.54, 1.807) is 26.0 Å². The number of hydrogen-bond acceptors (Lipinski definition) is 3. The van der Waals surface area contributed by atoms with Crippen LogP contribution in [0.2, 0.25) is 0 Å². The van der Waals surface area contributed by atoms with Crippen molar-refractivity contribution in [1.82, 2.24) is 4.90 Å². The maximum Gasteiger partial charge on any atom is 0.261 e. The number of nitrogens with zero attached hydrogens (tertiary/aromatic N) is 1. The van der Waals surface area contributed by atoms with E-state index in [0.717, 1.165) is 0 Å². The second-order valence-electron chi connectivity index (χ2n) is 4.08. The maximum absolute atomic E-state index is 11.9. The molecule has 98 valence electrons. The average Bonchev–Trinajstić information content (AvgIpc) is 2.56. The van der Waals surface area contributed by atoms with E-state index in [1.165, 1.54) is 4.90 Å². The number of halogens is 1. The Balaban J connectivity index is 2.64. The molecule has 1 aliphatic rings. The molecule has 0 aromatic carbocycles. The zero-order chi connectivity index (χ0) is 13.7. The molecule has 0 saturated heterocycles. The molecule has 0 saturated carbocycles. The van der Waals surface area contributed by atoms with Gasteiger partial charge >= 0.3 is 0 Å². The van der Waals surface area contributed by atoms with Crippen LogP contribution in [0.3, 0.4) is 0 Å². The van der Waals surface area contributed by atoms with Crippen molar-refractivity contribution in [3.05, 3.63) is 23.3 Å². The SMILES string of the molecule is C/C=C\C1=C(C)C(=O)N(CCCC(=O)CCl)C1=O. The van der Waals surface area contributed by atoms with E-state index < -0.39 is 0 Å². The van der Waals surface area contributed by atoms with Gasteiger partial charge in [0.25, 0.3) is 11.8 Å². The van der Waals surface area contributed by atoms with E-state index in [4.69, 9.17) is 11.6 Å². The summed E-state index contributed by atoms with van der Waals surface area (Å²) in [7, 11) is 0. The molecule has 1 rings (SSSR count). The molecule has 0 spiro atoms. The number of alkyl halides is 1. The number of Topliss-reactive ketones (excluding diaryl/α,β-unsaturated/α-hetero) is 1. The molecule has 1 aliphatic heterocycles. The zero-order valence-corrected chi connectivity index (χ0v) is 11.3. The Morgan fingerprint density at radius 1 is 1.33 bits per heavy atom. The molecule has 0 aromatic heterocycles. The van der Waals surface area contributed by atoms with Crippen molar-refractivity contribution in [1.29, 1.82) is 0 Å². The lowest BCUT2D eigenvalue weighted by Gasteiger charge is -2.13. The topological polar surface area (TPSA) is 54.5 Å². The fourth-order valence-corrected chi connectivity index (χ4v) is 1.92. The molecule has 0 aromatic rings. The predicted octanol–water partition coefficient (Wildman–Crippen LogP) is 1.84. The van der Waals surface area contributed by atoms with E-state index in [-0.39, 0.29) is 30.0 Å². The summed E-state index contributed by atoms with van der Waals surface area (Å²) in [6, 6.07) is 0. The Morgan fingerprint density at radius 3 is 2.56 bits per heavy atom. The van der Waals surface area contributed by atoms with E-state index in [0.29, 0.717) is 24.0 Å². The zero-order valence-electron chi connectivity index (χ0n) is 10.5. The minimum atomic E-state index is -0.283. The molecule has 5 heteroatoms. The van der Waals surface area contributed by atoms with Gasteiger partial charge in [0.2, 0.25) is 0 Å². The van der Waals surface area contributed by atoms with Crippen LogP contribution in [0.1, 0.15) is 26.7 Å². The summed E-state index contributed by atoms with van der Waals surface area (Å²) in [5.74, 6) is -0.655. The number of carbonyl (C=O) groups is 3. The van der Waals surface area contributed by atoms with Gasteiger partial charge in [-0.15, -0.1) is 11.6 Å². The van der Waals surface area contributed by atoms with E-state index in [1.807, 2.05) is 0 Å². The largest absolute Gasteiger partial charge is 0.298 e. The van der Waals surface area contributed by atoms with Crippen molar-refractivity contribution in [3.8, 4) is 0 Å². The van der Waals surface area contributed by atoms with Gasteiger partial charge in [0.1, 0.15) is 5.78 Å². The van der Waals surface area contributed by atoms with Crippen LogP contribution >= 0.6 is 11.6 Å². The third-order valence-corrected chi connectivity index (χ3v) is 3.06. The number of ketones is 1. The average molecular weight is 270 g/mol. The number of hydrogen-bond donors (Lipinski definition) is 0. The van der Waals surface area contributed by atoms with Gasteiger partial charge in [-0.1, -0.05) is 12.2 Å². The second-order valence-corrected chi connectivity index (χ2v) is 4.34. The van der Waals surface area contributed by atoms with Crippen molar-refractivity contribution >= 4 is 29.2 Å². The molecule has 0 fully saturated rings. The van der Waals surface area contributed by atoms with Gasteiger partial charge in [0, 0.05) is 24.1 Å². The molecule has 18 heavy (non-hydrogen) atoms. The summed E-state index contributed by atoms with van der Waals surface area (Å²) >= 11 is 5.38. The van der Waals surface area contributed by atoms with Crippen LogP contribution in [0.4, 0.5) is 0 Å². The smallest absolute Gasteiger partial charge is 0.261 e. The Hall–Kier alpha value is -1.42. The van der Waals surface area contributed by atoms with Crippen molar-refractivity contribution in [2.75, 3.05) is 12.4 Å². The second kappa shape index (κ2) is 6.50. The van der Waals surface area contributed by atoms with E-state index in [2.05, 4.69) is 0 Å². The molecule has 0 unspecified atom stereocenters. The lowest BCUT2D eigenvalue weighted by Crippen LogP contribution is -2.32. The highest BCUT2D eigenvalue weighted by molar-refractivity contribution is 6.27. The molecule has 4 nitrogen and oxygen atoms in total. The first-order valence-corrected chi connectivity index (χ1v) is 6.33. The summed E-state index contributed by atoms with van der Waals surface area (Å²) in [4.78, 5) is 36.0. The minimum Gasteiger partial charge on any atom is -0.298 e. The number of amides is 2. The highest BCUT2D eigenvalue weighted by Gasteiger charge is 2.33. The van der Waals surface area contributed by atoms with Gasteiger partial charge in [-0.3, -0.25) is 19.3 Å². The van der Waals surface area contributed by atoms with Crippen molar-refractivity contribution < 1.29 is 14.4 Å². The van der Waals surface area contributed by atoms with Crippen LogP contribution < -0.4 is 0 Å². The Bertz CT molecular complexity index is 438. The third-order valence-electron chi connectivity index (χ3n) is 2.77. The maximum atomic E-state index is 11.9. The van der Waals surface area contributed by atoms with Crippen LogP contribution in [0.15, 0.2) is 23.3 Å². The van der Waals surface area contributed by atoms with Gasteiger partial charge in [-0.05, 0) is 20.3 Å². The first-order valence-electron chi connectivity index (χ1n) is 5.80. The van der Waals surface area contributed by atoms with E-state index >= 15 is 0 Å². The fraction of sp³-hybridized carbons (Fsp3) is 0.462. The third kappa shape index (κ3) is 3.07. The summed E-state index contributed by atoms with van der Waals surface area (Å²) in [6.07, 6.45) is 4.11. The first kappa shape index (κ1) is 14.6. The predicted molar refractivity (Wildman–Crippen MR) is 69.2 cm³/mol. The van der Waals surface area contributed by atoms with Crippen LogP contribution in [-0.4, -0.2) is 34.9 Å². The molecule has 0 bridgehead atoms. The quantitative estimate of drug-likeness (QED) is 0.546. The monoisotopic (exact) mass is 269 g/mol. The highest BCUT2D eigenvalue weighted by atomic mass is 35.5. The van der Waals surface area contributed by atoms with Crippen molar-refractivity contribution in [3.63, 3.8) is 0 Å². The van der Waals surface area contributed by atoms with Crippen LogP contribution in [0.25, 0.3) is 0 Å². The van der Waals surface area contributed by atoms with E-state index in [9.17, 15) is 14.4 Å². The molecule has 2 amide bonds. The molecule has 0 atom stereocenters. The fourth-order valence-electron chi connectivity index (χ4n) is 1.78. The van der Waals surface area contributed by atoms with Crippen molar-refractivity contribution in [2.45, 2.75) is 26.7 Å². The Labute approximate surface area is 111 Å². The molecular weight excluding hydrogens is 254 g/mol. The summed E-state index contributed by atoms with van der Waals surface area (Å²) < 4.78 is 0. The van der Waals surface area contributed by atoms with Gasteiger partial charge in [-0.2, -0.15) is 0 Å². The van der Waals surface area contributed by atoms with Crippen LogP contribution in [-0.2, 0) is 14.4 Å². The van der Waals surface area contributed by atoms with Gasteiger partial charge in [0.05, 0.1) is 5.88 Å². The minimum absolute atomic E-state index is 0.0248. The number of allylic oxidation sites excluding steroid dienone is 1. The Kier molecular flexibility index (Phi) is 5.28. The first-order chi connectivity index (χ1) is 8.52. The summed E-state index contributed by atoms with van der Waals surface area (Å²) in [5, 5.41) is 0. The molecule has 0 N–H and O–H groups in total. The summed E-state index contributed by atoms with van der Waals surface area (Å²) in [6.45, 7) is 3.69. The highest BCUT2D eigenvalue weighted by Crippen LogP contribution is 2.21. The van der Waals surface area contributed by atoms with Gasteiger partial charge in [0.15, 0.2) is 0 Å². The lowest BCUT2D eigenvalue weighted by molar-refractivity contribution is -0.137. The standard InChI is InChI=1S/C13H16ClNO3/c1-3-5-11-9(2)12(17)15(13(11)18)7-4-6-10(16)8-14/h3,5H,4,6-8H2,1-2H3/b5-3-. The molecular formula is C13H16ClNO3. The van der Waals surface area contributed by atoms with Crippen LogP contribution in [0.5, 0.6) is 0 Å². The van der Waals surface area contributed by atoms with Gasteiger partial charge in [-0.25, -0.2) is 0 Å². The lowest BCUT2D eigenvalue weighted by atomic mass is 10.1. The molecule has 0 radical (unpaired) electrons. The normalized spacial score (nSPS) is 16.3.